The molecule has 0 unspecified atom stereocenters. The number of rotatable bonds is 22. The Hall–Kier alpha value is -7.49. The molecule has 93 heavy (non-hydrogen) atoms. The Bertz CT molecular complexity index is 3170. The molecule has 0 bridgehead atoms. The number of piperidine rings is 1. The van der Waals surface area contributed by atoms with E-state index in [1.54, 1.807) is 19.2 Å². The number of carbonyl (C=O) groups excluding carboxylic acids is 7. The zero-order valence-electron chi connectivity index (χ0n) is 52.4. The number of aromatic hydroxyl groups is 1. The number of anilines is 1. The minimum atomic E-state index is -2.05. The monoisotopic (exact) mass is 1320 g/mol. The minimum absolute atomic E-state index is 0.00678. The number of unbranched alkanes of at least 4 members (excludes halogenated alkanes) is 1. The molecule has 0 spiro atoms. The van der Waals surface area contributed by atoms with Gasteiger partial charge in [0, 0.05) is 101 Å². The van der Waals surface area contributed by atoms with Crippen LogP contribution in [-0.4, -0.2) is 243 Å². The van der Waals surface area contributed by atoms with Crippen LogP contribution in [0, 0.1) is 11.8 Å². The SMILES string of the molecule is COCCCCOCC1CCN(c2ccc(-c3nnc(-c4ccc(C(=O)N[C@H]5CC[C@@H](O)NC(=O)[C@@H]6[C@@H](O)[C@@H](C)CN6C(=O)[C@H]([C@H](O)CCN)NC(=O)[C@H]([C@H](O)Cc6ccc(O)c(OCCN)c6)NC(=O)[C@@H]6C[C@@H](O)CN6C(=O)[C@H]([C@@H](C)O)NC5=O)cc4)s3)cc2)CC1. The standard InChI is InChI=1S/C63H88N12O17S/c1-34-31-75-53(54(34)82)59(87)67-49(81)17-15-43(66-55(83)38-7-9-39(10-8-38)60-71-72-61(93-60)40-11-13-41(14-12-40)73-23-19-36(20-24-73)33-91-26-5-4-25-90-3)56(84)68-50(35(2)76)62(88)74-32-42(77)30-44(74)57(85)69-51(58(86)70-52(63(75)89)46(79)18-21-64)47(80)28-37-6-16-45(78)48(29-37)92-27-22-65/h6-14,16,29,34-36,42-44,46-47,49-54,76-82H,4-5,15,17-28,30-33,64-65H2,1-3H3,(H,66,83)(H,67,87)(H,68,84)(H,69,85)(H,70,86)/t34-,35+,42+,43-,44-,46+,47+,49+,50-,51-,52-,53-,54-/m0/s1. The first-order valence-electron chi connectivity index (χ1n) is 31.5. The third-order valence-corrected chi connectivity index (χ3v) is 18.2. The van der Waals surface area contributed by atoms with E-state index in [0.29, 0.717) is 21.5 Å². The number of ether oxygens (including phenoxy) is 3. The lowest BCUT2D eigenvalue weighted by atomic mass is 9.97. The van der Waals surface area contributed by atoms with Crippen LogP contribution >= 0.6 is 11.3 Å². The number of methoxy groups -OCH3 is 1. The summed E-state index contributed by atoms with van der Waals surface area (Å²) in [4.78, 5) is 106. The largest absolute Gasteiger partial charge is 0.504 e. The molecule has 8 rings (SSSR count). The lowest BCUT2D eigenvalue weighted by Gasteiger charge is -2.34. The van der Waals surface area contributed by atoms with Crippen LogP contribution in [0.4, 0.5) is 5.69 Å². The van der Waals surface area contributed by atoms with E-state index in [4.69, 9.17) is 25.7 Å². The Kier molecular flexibility index (Phi) is 25.8. The van der Waals surface area contributed by atoms with Crippen molar-refractivity contribution in [2.75, 3.05) is 77.7 Å². The quantitative estimate of drug-likeness (QED) is 0.0387. The highest BCUT2D eigenvalue weighted by Crippen LogP contribution is 2.34. The van der Waals surface area contributed by atoms with Crippen LogP contribution in [0.2, 0.25) is 0 Å². The van der Waals surface area contributed by atoms with Crippen molar-refractivity contribution in [2.45, 2.75) is 145 Å². The normalized spacial score (nSPS) is 25.8. The number of benzene rings is 3. The van der Waals surface area contributed by atoms with E-state index in [2.05, 4.69) is 53.8 Å². The molecule has 508 valence electrons. The molecule has 16 N–H and O–H groups in total. The molecule has 1 aromatic heterocycles. The van der Waals surface area contributed by atoms with Gasteiger partial charge in [-0.1, -0.05) is 36.5 Å². The highest BCUT2D eigenvalue weighted by atomic mass is 32.1. The van der Waals surface area contributed by atoms with Crippen molar-refractivity contribution in [3.05, 3.63) is 77.9 Å². The van der Waals surface area contributed by atoms with Gasteiger partial charge in [0.2, 0.25) is 35.4 Å². The van der Waals surface area contributed by atoms with Gasteiger partial charge in [-0.25, -0.2) is 0 Å². The number of phenols is 1. The fraction of sp³-hybridized carbons (Fsp3) is 0.571. The number of amides is 7. The lowest BCUT2D eigenvalue weighted by molar-refractivity contribution is -0.147. The van der Waals surface area contributed by atoms with Crippen molar-refractivity contribution >= 4 is 58.4 Å². The van der Waals surface area contributed by atoms with Crippen molar-refractivity contribution in [3.63, 3.8) is 0 Å². The predicted molar refractivity (Wildman–Crippen MR) is 339 cm³/mol. The third-order valence-electron chi connectivity index (χ3n) is 17.2. The number of nitrogens with zero attached hydrogens (tertiary/aromatic N) is 5. The highest BCUT2D eigenvalue weighted by Gasteiger charge is 2.50. The molecular formula is C63H88N12O17S. The summed E-state index contributed by atoms with van der Waals surface area (Å²) >= 11 is 1.34. The molecular weight excluding hydrogens is 1230 g/mol. The Balaban J connectivity index is 1.02. The van der Waals surface area contributed by atoms with Crippen LogP contribution < -0.4 is 47.7 Å². The summed E-state index contributed by atoms with van der Waals surface area (Å²) in [5.41, 5.74) is 14.3. The number of nitrogens with two attached hydrogens (primary N) is 2. The number of aliphatic hydroxyl groups is 6. The van der Waals surface area contributed by atoms with Crippen LogP contribution in [0.15, 0.2) is 66.7 Å². The maximum Gasteiger partial charge on any atom is 0.251 e. The van der Waals surface area contributed by atoms with Gasteiger partial charge in [-0.05, 0) is 118 Å². The number of carbonyl (C=O) groups is 7. The van der Waals surface area contributed by atoms with Crippen LogP contribution in [0.1, 0.15) is 81.1 Å². The minimum Gasteiger partial charge on any atom is -0.504 e. The molecule has 4 fully saturated rings. The zero-order chi connectivity index (χ0) is 67.0. The van der Waals surface area contributed by atoms with Crippen molar-refractivity contribution in [1.82, 2.24) is 46.6 Å². The van der Waals surface area contributed by atoms with Gasteiger partial charge < -0.3 is 103 Å². The molecule has 0 radical (unpaired) electrons. The van der Waals surface area contributed by atoms with Gasteiger partial charge in [0.05, 0.1) is 30.5 Å². The predicted octanol–water partition coefficient (Wildman–Crippen LogP) is -1.78. The Morgan fingerprint density at radius 3 is 2.03 bits per heavy atom. The van der Waals surface area contributed by atoms with E-state index >= 15 is 0 Å². The van der Waals surface area contributed by atoms with Crippen LogP contribution in [-0.2, 0) is 44.7 Å². The molecule has 4 aromatic rings. The average Bonchev–Trinajstić information content (AvgIpc) is 1.69. The van der Waals surface area contributed by atoms with Gasteiger partial charge in [-0.2, -0.15) is 0 Å². The highest BCUT2D eigenvalue weighted by molar-refractivity contribution is 7.17. The van der Waals surface area contributed by atoms with E-state index in [0.717, 1.165) is 86.6 Å². The van der Waals surface area contributed by atoms with Crippen LogP contribution in [0.25, 0.3) is 21.1 Å². The first kappa shape index (κ1) is 71.4. The van der Waals surface area contributed by atoms with Crippen LogP contribution in [0.5, 0.6) is 11.5 Å². The number of fused-ring (bicyclic) bond motifs is 2. The maximum absolute atomic E-state index is 14.7. The fourth-order valence-electron chi connectivity index (χ4n) is 11.9. The van der Waals surface area contributed by atoms with Gasteiger partial charge in [0.25, 0.3) is 5.91 Å². The number of nitrogens with one attached hydrogen (secondary N) is 5. The summed E-state index contributed by atoms with van der Waals surface area (Å²) in [5, 5.41) is 101. The summed E-state index contributed by atoms with van der Waals surface area (Å²) in [5.74, 6) is -8.17. The van der Waals surface area contributed by atoms with Crippen molar-refractivity contribution < 1.29 is 83.5 Å². The number of hydrogen-bond acceptors (Lipinski definition) is 23. The number of phenolic OH excluding ortho intramolecular Hbond substituents is 1. The van der Waals surface area contributed by atoms with Gasteiger partial charge in [0.15, 0.2) is 11.5 Å². The molecule has 13 atom stereocenters. The maximum atomic E-state index is 14.7. The molecule has 5 heterocycles. The summed E-state index contributed by atoms with van der Waals surface area (Å²) in [7, 11) is 1.70. The molecule has 30 heteroatoms. The first-order chi connectivity index (χ1) is 44.6. The average molecular weight is 1320 g/mol. The van der Waals surface area contributed by atoms with Crippen molar-refractivity contribution in [1.29, 1.82) is 0 Å². The van der Waals surface area contributed by atoms with Gasteiger partial charge in [-0.15, -0.1) is 10.2 Å². The lowest BCUT2D eigenvalue weighted by Crippen LogP contribution is -2.64. The molecule has 4 aliphatic heterocycles. The van der Waals surface area contributed by atoms with E-state index < -0.39 is 152 Å². The van der Waals surface area contributed by atoms with E-state index in [1.807, 2.05) is 12.1 Å². The Labute approximate surface area is 542 Å². The molecule has 3 aromatic carbocycles. The second kappa shape index (κ2) is 33.6. The van der Waals surface area contributed by atoms with E-state index in [-0.39, 0.29) is 55.3 Å². The second-order valence-corrected chi connectivity index (χ2v) is 25.2. The fourth-order valence-corrected chi connectivity index (χ4v) is 12.8. The summed E-state index contributed by atoms with van der Waals surface area (Å²) in [6.45, 7) is 5.78. The Morgan fingerprint density at radius 1 is 0.731 bits per heavy atom. The van der Waals surface area contributed by atoms with Crippen molar-refractivity contribution in [3.8, 4) is 32.6 Å². The number of aliphatic hydroxyl groups excluding tert-OH is 6. The topological polar surface area (TPSA) is 436 Å². The summed E-state index contributed by atoms with van der Waals surface area (Å²) in [6.07, 6.45) is -8.30. The Morgan fingerprint density at radius 2 is 1.38 bits per heavy atom. The molecule has 4 saturated heterocycles. The molecule has 0 saturated carbocycles. The summed E-state index contributed by atoms with van der Waals surface area (Å²) in [6, 6.07) is 7.48. The van der Waals surface area contributed by atoms with E-state index in [9.17, 15) is 69.3 Å². The smallest absolute Gasteiger partial charge is 0.251 e. The molecule has 4 aliphatic rings. The third kappa shape index (κ3) is 18.5. The number of hydrogen-bond donors (Lipinski definition) is 14. The van der Waals surface area contributed by atoms with Crippen LogP contribution in [0.3, 0.4) is 0 Å². The first-order valence-corrected chi connectivity index (χ1v) is 32.3. The van der Waals surface area contributed by atoms with Gasteiger partial charge >= 0.3 is 0 Å². The molecule has 0 aliphatic carbocycles. The zero-order valence-corrected chi connectivity index (χ0v) is 53.2. The molecule has 29 nitrogen and oxygen atoms in total. The molecule has 7 amide bonds. The van der Waals surface area contributed by atoms with Gasteiger partial charge in [0.1, 0.15) is 59.1 Å². The van der Waals surface area contributed by atoms with Gasteiger partial charge in [-0.3, -0.25) is 33.6 Å². The summed E-state index contributed by atoms with van der Waals surface area (Å²) < 4.78 is 16.6. The van der Waals surface area contributed by atoms with E-state index in [1.165, 1.54) is 48.6 Å². The second-order valence-electron chi connectivity index (χ2n) is 24.2. The van der Waals surface area contributed by atoms with Crippen molar-refractivity contribution in [2.24, 2.45) is 23.3 Å². The number of aromatic nitrogens is 2.